The van der Waals surface area contributed by atoms with Gasteiger partial charge in [-0.05, 0) is 74.7 Å². The third kappa shape index (κ3) is 4.30. The Labute approximate surface area is 224 Å². The second-order valence-electron chi connectivity index (χ2n) is 11.0. The lowest BCUT2D eigenvalue weighted by atomic mass is 9.69. The van der Waals surface area contributed by atoms with Gasteiger partial charge in [-0.15, -0.1) is 0 Å². The first-order chi connectivity index (χ1) is 18.5. The van der Waals surface area contributed by atoms with Crippen molar-refractivity contribution in [3.63, 3.8) is 0 Å². The molecule has 198 valence electrons. The number of alkyl halides is 1. The third-order valence-corrected chi connectivity index (χ3v) is 9.53. The summed E-state index contributed by atoms with van der Waals surface area (Å²) in [6.45, 7) is 4.16. The van der Waals surface area contributed by atoms with E-state index in [4.69, 9.17) is 4.98 Å². The van der Waals surface area contributed by atoms with Gasteiger partial charge in [-0.3, -0.25) is 9.20 Å². The lowest BCUT2D eigenvalue weighted by molar-refractivity contribution is -0.0613. The maximum atomic E-state index is 15.0. The zero-order chi connectivity index (χ0) is 25.8. The first-order valence-electron chi connectivity index (χ1n) is 13.6. The predicted molar refractivity (Wildman–Crippen MR) is 146 cm³/mol. The van der Waals surface area contributed by atoms with Crippen LogP contribution in [0.1, 0.15) is 47.6 Å². The molecule has 0 spiro atoms. The van der Waals surface area contributed by atoms with Crippen molar-refractivity contribution in [2.75, 3.05) is 32.7 Å². The van der Waals surface area contributed by atoms with Gasteiger partial charge >= 0.3 is 0 Å². The summed E-state index contributed by atoms with van der Waals surface area (Å²) in [5.41, 5.74) is 3.65. The minimum absolute atomic E-state index is 0.0946. The van der Waals surface area contributed by atoms with Gasteiger partial charge in [-0.1, -0.05) is 17.4 Å². The highest BCUT2D eigenvalue weighted by atomic mass is 32.1. The Bertz CT molecular complexity index is 1500. The number of imidazole rings is 1. The molecule has 4 fully saturated rings. The molecule has 38 heavy (non-hydrogen) atoms. The van der Waals surface area contributed by atoms with E-state index in [1.165, 1.54) is 11.3 Å². The van der Waals surface area contributed by atoms with Crippen LogP contribution in [0, 0.1) is 17.7 Å². The lowest BCUT2D eigenvalue weighted by Gasteiger charge is -2.49. The molecule has 1 saturated carbocycles. The van der Waals surface area contributed by atoms with Crippen LogP contribution in [-0.2, 0) is 0 Å². The van der Waals surface area contributed by atoms with E-state index in [-0.39, 0.29) is 29.6 Å². The number of hydrogen-bond donors (Lipinski definition) is 2. The van der Waals surface area contributed by atoms with Crippen molar-refractivity contribution < 1.29 is 13.6 Å². The van der Waals surface area contributed by atoms with Crippen LogP contribution in [-0.4, -0.2) is 59.1 Å². The summed E-state index contributed by atoms with van der Waals surface area (Å²) < 4.78 is 31.6. The second-order valence-corrected chi connectivity index (χ2v) is 12.0. The molecule has 1 amide bonds. The number of thiazole rings is 1. The summed E-state index contributed by atoms with van der Waals surface area (Å²) >= 11 is 1.49. The van der Waals surface area contributed by atoms with E-state index >= 15 is 4.39 Å². The van der Waals surface area contributed by atoms with Crippen molar-refractivity contribution in [3.8, 4) is 11.3 Å². The molecule has 2 aromatic carbocycles. The number of benzene rings is 2. The van der Waals surface area contributed by atoms with Gasteiger partial charge in [0, 0.05) is 54.8 Å². The monoisotopic (exact) mass is 535 g/mol. The number of nitrogens with one attached hydrogen (secondary N) is 2. The fourth-order valence-electron chi connectivity index (χ4n) is 6.41. The fourth-order valence-corrected chi connectivity index (χ4v) is 7.46. The van der Waals surface area contributed by atoms with Crippen LogP contribution >= 0.6 is 11.3 Å². The molecule has 2 unspecified atom stereocenters. The molecular weight excluding hydrogens is 504 g/mol. The second kappa shape index (κ2) is 9.70. The van der Waals surface area contributed by atoms with E-state index in [1.54, 1.807) is 6.07 Å². The van der Waals surface area contributed by atoms with Crippen LogP contribution in [0.4, 0.5) is 8.78 Å². The highest BCUT2D eigenvalue weighted by Gasteiger charge is 2.46. The third-order valence-electron chi connectivity index (χ3n) is 8.52. The quantitative estimate of drug-likeness (QED) is 0.320. The molecule has 9 heteroatoms. The summed E-state index contributed by atoms with van der Waals surface area (Å²) in [7, 11) is 0. The summed E-state index contributed by atoms with van der Waals surface area (Å²) in [5, 5.41) is 6.43. The SMILES string of the molecule is O=C(NCCCN1CC2CC(C1)C2F)c1ccc2c(c1)sc1nc(-c3ccc([C@H]4CCCN4)cc3F)cn12. The molecule has 3 saturated heterocycles. The standard InChI is InChI=1S/C29H31F2N5OS/c30-22-12-17(23-3-1-8-32-23)4-6-21(22)24-16-36-25-7-5-18(13-26(25)38-29(36)34-24)28(37)33-9-2-10-35-14-19-11-20(15-35)27(19)31/h4-7,12-13,16,19-20,23,27,32H,1-3,8-11,14-15H2,(H,33,37)/t19?,20?,23-,27?/m1/s1. The number of aromatic nitrogens is 2. The highest BCUT2D eigenvalue weighted by molar-refractivity contribution is 7.23. The zero-order valence-corrected chi connectivity index (χ0v) is 21.9. The normalized spacial score (nSPS) is 25.2. The van der Waals surface area contributed by atoms with E-state index in [9.17, 15) is 9.18 Å². The molecule has 2 N–H and O–H groups in total. The van der Waals surface area contributed by atoms with E-state index in [0.29, 0.717) is 23.4 Å². The number of amides is 1. The topological polar surface area (TPSA) is 61.7 Å². The van der Waals surface area contributed by atoms with Crippen molar-refractivity contribution in [1.29, 1.82) is 0 Å². The molecule has 1 aliphatic carbocycles. The first kappa shape index (κ1) is 24.2. The Morgan fingerprint density at radius 3 is 2.82 bits per heavy atom. The minimum Gasteiger partial charge on any atom is -0.352 e. The Morgan fingerprint density at radius 2 is 2.05 bits per heavy atom. The van der Waals surface area contributed by atoms with Crippen LogP contribution in [0.2, 0.25) is 0 Å². The average Bonchev–Trinajstić information content (AvgIpc) is 3.67. The smallest absolute Gasteiger partial charge is 0.251 e. The molecule has 4 aromatic rings. The van der Waals surface area contributed by atoms with Crippen molar-refractivity contribution in [2.45, 2.75) is 37.9 Å². The molecule has 3 atom stereocenters. The Morgan fingerprint density at radius 1 is 1.18 bits per heavy atom. The van der Waals surface area contributed by atoms with E-state index < -0.39 is 6.17 Å². The molecule has 2 bridgehead atoms. The molecule has 0 radical (unpaired) electrons. The van der Waals surface area contributed by atoms with Crippen molar-refractivity contribution in [3.05, 3.63) is 59.5 Å². The predicted octanol–water partition coefficient (Wildman–Crippen LogP) is 5.19. The largest absolute Gasteiger partial charge is 0.352 e. The Kier molecular flexibility index (Phi) is 6.17. The van der Waals surface area contributed by atoms with Gasteiger partial charge in [0.15, 0.2) is 4.96 Å². The number of carbonyl (C=O) groups excluding carboxylic acids is 1. The van der Waals surface area contributed by atoms with Crippen molar-refractivity contribution in [1.82, 2.24) is 24.9 Å². The maximum absolute atomic E-state index is 15.0. The molecule has 5 heterocycles. The van der Waals surface area contributed by atoms with Crippen molar-refractivity contribution in [2.24, 2.45) is 11.8 Å². The van der Waals surface area contributed by atoms with Crippen LogP contribution in [0.3, 0.4) is 0 Å². The minimum atomic E-state index is -0.598. The van der Waals surface area contributed by atoms with E-state index in [1.807, 2.05) is 40.9 Å². The summed E-state index contributed by atoms with van der Waals surface area (Å²) in [5.74, 6) is 0.0882. The van der Waals surface area contributed by atoms with Gasteiger partial charge in [0.05, 0.1) is 15.9 Å². The molecule has 2 aromatic heterocycles. The molecule has 3 aliphatic heterocycles. The molecular formula is C29H31F2N5OS. The fraction of sp³-hybridized carbons (Fsp3) is 0.448. The average molecular weight is 536 g/mol. The van der Waals surface area contributed by atoms with E-state index in [0.717, 1.165) is 72.6 Å². The highest BCUT2D eigenvalue weighted by Crippen LogP contribution is 2.42. The van der Waals surface area contributed by atoms with Crippen molar-refractivity contribution >= 4 is 32.4 Å². The number of hydrogen-bond acceptors (Lipinski definition) is 5. The number of fused-ring (bicyclic) bond motifs is 5. The van der Waals surface area contributed by atoms with Gasteiger partial charge in [-0.25, -0.2) is 13.8 Å². The van der Waals surface area contributed by atoms with Gasteiger partial charge in [0.2, 0.25) is 0 Å². The summed E-state index contributed by atoms with van der Waals surface area (Å²) in [6, 6.07) is 11.3. The number of rotatable bonds is 7. The van der Waals surface area contributed by atoms with Gasteiger partial charge < -0.3 is 15.5 Å². The molecule has 4 aliphatic rings. The maximum Gasteiger partial charge on any atom is 0.251 e. The first-order valence-corrected chi connectivity index (χ1v) is 14.4. The van der Waals surface area contributed by atoms with E-state index in [2.05, 4.69) is 15.5 Å². The lowest BCUT2D eigenvalue weighted by Crippen LogP contribution is -2.56. The number of halogens is 2. The van der Waals surface area contributed by atoms with Crippen LogP contribution in [0.15, 0.2) is 42.6 Å². The number of carbonyl (C=O) groups is 1. The van der Waals surface area contributed by atoms with Crippen LogP contribution < -0.4 is 10.6 Å². The molecule has 8 rings (SSSR count). The van der Waals surface area contributed by atoms with Crippen LogP contribution in [0.25, 0.3) is 26.4 Å². The summed E-state index contributed by atoms with van der Waals surface area (Å²) in [6.07, 6.45) is 5.31. The summed E-state index contributed by atoms with van der Waals surface area (Å²) in [4.78, 5) is 20.6. The Hall–Kier alpha value is -2.88. The molecule has 6 nitrogen and oxygen atoms in total. The number of piperidine rings is 2. The number of nitrogens with zero attached hydrogens (tertiary/aromatic N) is 3. The zero-order valence-electron chi connectivity index (χ0n) is 21.1. The van der Waals surface area contributed by atoms with Gasteiger partial charge in [0.1, 0.15) is 12.0 Å². The van der Waals surface area contributed by atoms with Crippen LogP contribution in [0.5, 0.6) is 0 Å². The van der Waals surface area contributed by atoms with Gasteiger partial charge in [0.25, 0.3) is 5.91 Å². The van der Waals surface area contributed by atoms with Gasteiger partial charge in [-0.2, -0.15) is 0 Å². The Balaban J connectivity index is 1.01.